The van der Waals surface area contributed by atoms with Crippen LogP contribution in [0.25, 0.3) is 0 Å². The molecule has 29 heavy (non-hydrogen) atoms. The number of halogens is 4. The lowest BCUT2D eigenvalue weighted by Crippen LogP contribution is -2.16. The number of anilines is 1. The topological polar surface area (TPSA) is 38.3 Å². The number of carbonyl (C=O) groups is 1. The lowest BCUT2D eigenvalue weighted by atomic mass is 10.0. The van der Waals surface area contributed by atoms with E-state index in [0.717, 1.165) is 6.07 Å². The molecule has 3 aromatic carbocycles. The summed E-state index contributed by atoms with van der Waals surface area (Å²) in [6.07, 6.45) is -4.54. The molecule has 0 aliphatic heterocycles. The zero-order valence-corrected chi connectivity index (χ0v) is 15.6. The van der Waals surface area contributed by atoms with Gasteiger partial charge in [-0.3, -0.25) is 4.79 Å². The maximum Gasteiger partial charge on any atom is 0.419 e. The van der Waals surface area contributed by atoms with Crippen molar-refractivity contribution in [3.63, 3.8) is 0 Å². The Bertz CT molecular complexity index is 1040. The van der Waals surface area contributed by atoms with E-state index in [4.69, 9.17) is 4.74 Å². The molecule has 0 aromatic heterocycles. The third-order valence-electron chi connectivity index (χ3n) is 4.30. The number of hydrogen-bond donors (Lipinski definition) is 1. The quantitative estimate of drug-likeness (QED) is 0.505. The minimum atomic E-state index is -4.54. The molecular formula is C22H17F4NO2. The van der Waals surface area contributed by atoms with Crippen LogP contribution in [0.5, 0.6) is 11.5 Å². The Balaban J connectivity index is 1.77. The number of carbonyl (C=O) groups excluding carboxylic acids is 1. The Kier molecular flexibility index (Phi) is 5.59. The summed E-state index contributed by atoms with van der Waals surface area (Å²) in [6, 6.07) is 13.9. The standard InChI is InChI=1S/C22H17F4NO2/c1-13-7-8-14(2)20(23)19(13)21(28)27-15-9-11-16(12-10-15)29-18-6-4-3-5-17(18)22(24,25)26/h3-12H,1-2H3,(H,27,28). The largest absolute Gasteiger partial charge is 0.457 e. The van der Waals surface area contributed by atoms with Crippen molar-refractivity contribution in [3.05, 3.63) is 88.7 Å². The number of rotatable bonds is 4. The van der Waals surface area contributed by atoms with Gasteiger partial charge in [0, 0.05) is 5.69 Å². The van der Waals surface area contributed by atoms with Crippen molar-refractivity contribution in [2.75, 3.05) is 5.32 Å². The van der Waals surface area contributed by atoms with Gasteiger partial charge in [-0.05, 0) is 61.4 Å². The molecule has 0 aliphatic carbocycles. The zero-order valence-electron chi connectivity index (χ0n) is 15.6. The number of hydrogen-bond acceptors (Lipinski definition) is 2. The van der Waals surface area contributed by atoms with Crippen LogP contribution in [-0.2, 0) is 6.18 Å². The monoisotopic (exact) mass is 403 g/mol. The number of aryl methyl sites for hydroxylation is 2. The summed E-state index contributed by atoms with van der Waals surface area (Å²) in [4.78, 5) is 12.4. The van der Waals surface area contributed by atoms with E-state index in [1.807, 2.05) is 0 Å². The molecular weight excluding hydrogens is 386 g/mol. The lowest BCUT2D eigenvalue weighted by molar-refractivity contribution is -0.138. The third-order valence-corrected chi connectivity index (χ3v) is 4.30. The first-order chi connectivity index (χ1) is 13.7. The molecule has 3 aromatic rings. The molecule has 3 rings (SSSR count). The zero-order chi connectivity index (χ0) is 21.2. The molecule has 0 radical (unpaired) electrons. The molecule has 150 valence electrons. The van der Waals surface area contributed by atoms with E-state index in [1.165, 1.54) is 42.5 Å². The summed E-state index contributed by atoms with van der Waals surface area (Å²) in [5.74, 6) is -1.36. The van der Waals surface area contributed by atoms with Gasteiger partial charge >= 0.3 is 6.18 Å². The van der Waals surface area contributed by atoms with E-state index in [0.29, 0.717) is 16.8 Å². The molecule has 0 atom stereocenters. The van der Waals surface area contributed by atoms with Crippen LogP contribution in [0.4, 0.5) is 23.2 Å². The van der Waals surface area contributed by atoms with Crippen LogP contribution >= 0.6 is 0 Å². The fourth-order valence-corrected chi connectivity index (χ4v) is 2.77. The average Bonchev–Trinajstić information content (AvgIpc) is 2.66. The molecule has 0 saturated heterocycles. The molecule has 0 unspecified atom stereocenters. The van der Waals surface area contributed by atoms with Gasteiger partial charge in [-0.25, -0.2) is 4.39 Å². The maximum absolute atomic E-state index is 14.3. The minimum absolute atomic E-state index is 0.0515. The molecule has 0 fully saturated rings. The van der Waals surface area contributed by atoms with E-state index in [2.05, 4.69) is 5.32 Å². The molecule has 0 bridgehead atoms. The minimum Gasteiger partial charge on any atom is -0.457 e. The molecule has 0 heterocycles. The highest BCUT2D eigenvalue weighted by atomic mass is 19.4. The Hall–Kier alpha value is -3.35. The summed E-state index contributed by atoms with van der Waals surface area (Å²) in [5.41, 5.74) is 0.265. The van der Waals surface area contributed by atoms with Crippen LogP contribution in [0.3, 0.4) is 0 Å². The Morgan fingerprint density at radius 2 is 1.52 bits per heavy atom. The predicted octanol–water partition coefficient (Wildman–Crippen LogP) is 6.51. The van der Waals surface area contributed by atoms with E-state index in [-0.39, 0.29) is 17.1 Å². The number of nitrogens with one attached hydrogen (secondary N) is 1. The maximum atomic E-state index is 14.3. The van der Waals surface area contributed by atoms with Gasteiger partial charge < -0.3 is 10.1 Å². The van der Waals surface area contributed by atoms with E-state index in [9.17, 15) is 22.4 Å². The van der Waals surface area contributed by atoms with Crippen molar-refractivity contribution in [2.24, 2.45) is 0 Å². The molecule has 1 N–H and O–H groups in total. The summed E-state index contributed by atoms with van der Waals surface area (Å²) in [7, 11) is 0. The summed E-state index contributed by atoms with van der Waals surface area (Å²) >= 11 is 0. The van der Waals surface area contributed by atoms with Gasteiger partial charge in [0.2, 0.25) is 0 Å². The van der Waals surface area contributed by atoms with Crippen molar-refractivity contribution in [3.8, 4) is 11.5 Å². The molecule has 3 nitrogen and oxygen atoms in total. The summed E-state index contributed by atoms with van der Waals surface area (Å²) < 4.78 is 58.8. The van der Waals surface area contributed by atoms with Gasteiger partial charge in [0.25, 0.3) is 5.91 Å². The van der Waals surface area contributed by atoms with E-state index < -0.39 is 23.5 Å². The SMILES string of the molecule is Cc1ccc(C)c(C(=O)Nc2ccc(Oc3ccccc3C(F)(F)F)cc2)c1F. The van der Waals surface area contributed by atoms with Crippen LogP contribution in [0.15, 0.2) is 60.7 Å². The van der Waals surface area contributed by atoms with Crippen molar-refractivity contribution in [2.45, 2.75) is 20.0 Å². The second-order valence-electron chi connectivity index (χ2n) is 6.46. The fraction of sp³-hybridized carbons (Fsp3) is 0.136. The number of alkyl halides is 3. The predicted molar refractivity (Wildman–Crippen MR) is 102 cm³/mol. The van der Waals surface area contributed by atoms with Gasteiger partial charge in [0.15, 0.2) is 0 Å². The van der Waals surface area contributed by atoms with Crippen LogP contribution in [0.2, 0.25) is 0 Å². The van der Waals surface area contributed by atoms with Crippen LogP contribution < -0.4 is 10.1 Å². The first kappa shape index (κ1) is 20.4. The number of amides is 1. The van der Waals surface area contributed by atoms with Crippen LogP contribution in [0, 0.1) is 19.7 Å². The number of ether oxygens (including phenoxy) is 1. The van der Waals surface area contributed by atoms with Gasteiger partial charge in [0.1, 0.15) is 17.3 Å². The highest BCUT2D eigenvalue weighted by Gasteiger charge is 2.34. The second-order valence-corrected chi connectivity index (χ2v) is 6.46. The average molecular weight is 403 g/mol. The van der Waals surface area contributed by atoms with Crippen molar-refractivity contribution < 1.29 is 27.1 Å². The van der Waals surface area contributed by atoms with Gasteiger partial charge in [-0.15, -0.1) is 0 Å². The van der Waals surface area contributed by atoms with Crippen molar-refractivity contribution in [1.29, 1.82) is 0 Å². The molecule has 0 saturated carbocycles. The highest BCUT2D eigenvalue weighted by Crippen LogP contribution is 2.38. The molecule has 7 heteroatoms. The number of benzene rings is 3. The fourth-order valence-electron chi connectivity index (χ4n) is 2.77. The Morgan fingerprint density at radius 1 is 0.897 bits per heavy atom. The Labute approximate surface area is 164 Å². The summed E-state index contributed by atoms with van der Waals surface area (Å²) in [6.45, 7) is 3.20. The van der Waals surface area contributed by atoms with Gasteiger partial charge in [0.05, 0.1) is 11.1 Å². The van der Waals surface area contributed by atoms with Crippen LogP contribution in [0.1, 0.15) is 27.0 Å². The Morgan fingerprint density at radius 3 is 2.17 bits per heavy atom. The third kappa shape index (κ3) is 4.56. The molecule has 0 spiro atoms. The van der Waals surface area contributed by atoms with E-state index >= 15 is 0 Å². The smallest absolute Gasteiger partial charge is 0.419 e. The van der Waals surface area contributed by atoms with Gasteiger partial charge in [-0.1, -0.05) is 24.3 Å². The normalized spacial score (nSPS) is 11.2. The number of para-hydroxylation sites is 1. The van der Waals surface area contributed by atoms with Crippen molar-refractivity contribution >= 4 is 11.6 Å². The van der Waals surface area contributed by atoms with E-state index in [1.54, 1.807) is 26.0 Å². The van der Waals surface area contributed by atoms with Gasteiger partial charge in [-0.2, -0.15) is 13.2 Å². The summed E-state index contributed by atoms with van der Waals surface area (Å²) in [5, 5.41) is 2.58. The van der Waals surface area contributed by atoms with Crippen LogP contribution in [-0.4, -0.2) is 5.91 Å². The first-order valence-corrected chi connectivity index (χ1v) is 8.68. The second kappa shape index (κ2) is 7.95. The van der Waals surface area contributed by atoms with Crippen molar-refractivity contribution in [1.82, 2.24) is 0 Å². The lowest BCUT2D eigenvalue weighted by Gasteiger charge is -2.14. The molecule has 0 aliphatic rings. The highest BCUT2D eigenvalue weighted by molar-refractivity contribution is 6.05. The molecule has 1 amide bonds. The first-order valence-electron chi connectivity index (χ1n) is 8.68.